The van der Waals surface area contributed by atoms with E-state index in [-0.39, 0.29) is 11.7 Å². The second kappa shape index (κ2) is 8.78. The van der Waals surface area contributed by atoms with Crippen LogP contribution in [0.4, 0.5) is 10.1 Å². The van der Waals surface area contributed by atoms with E-state index in [1.165, 1.54) is 12.1 Å². The molecule has 0 fully saturated rings. The molecule has 0 aliphatic rings. The minimum absolute atomic E-state index is 0.246. The van der Waals surface area contributed by atoms with Crippen molar-refractivity contribution in [3.8, 4) is 17.2 Å². The number of rotatable bonds is 7. The molecule has 1 N–H and O–H groups in total. The Labute approximate surface area is 173 Å². The molecule has 0 atom stereocenters. The highest BCUT2D eigenvalue weighted by molar-refractivity contribution is 6.05. The first-order valence-corrected chi connectivity index (χ1v) is 9.83. The van der Waals surface area contributed by atoms with Crippen molar-refractivity contribution in [2.75, 3.05) is 11.9 Å². The number of halogens is 1. The van der Waals surface area contributed by atoms with E-state index in [1.807, 2.05) is 6.07 Å². The summed E-state index contributed by atoms with van der Waals surface area (Å²) in [5, 5.41) is 2.87. The summed E-state index contributed by atoms with van der Waals surface area (Å²) in [6.07, 6.45) is 2.01. The van der Waals surface area contributed by atoms with Crippen molar-refractivity contribution in [2.45, 2.75) is 19.8 Å². The van der Waals surface area contributed by atoms with Crippen molar-refractivity contribution in [3.63, 3.8) is 0 Å². The van der Waals surface area contributed by atoms with E-state index in [0.717, 1.165) is 12.8 Å². The molecule has 6 heteroatoms. The Morgan fingerprint density at radius 2 is 1.97 bits per heavy atom. The van der Waals surface area contributed by atoms with Crippen LogP contribution in [-0.4, -0.2) is 17.5 Å². The van der Waals surface area contributed by atoms with Crippen LogP contribution >= 0.6 is 0 Å². The number of ether oxygens (including phenoxy) is 1. The summed E-state index contributed by atoms with van der Waals surface area (Å²) < 4.78 is 24.8. The van der Waals surface area contributed by atoms with Gasteiger partial charge in [0.1, 0.15) is 17.1 Å². The molecule has 0 aliphatic heterocycles. The van der Waals surface area contributed by atoms with Crippen LogP contribution in [0, 0.1) is 5.82 Å². The SMILES string of the molecule is CCCCOc1cccc(C(=O)Nc2ccc3oc(-c4cccc(F)c4)nc3c2)c1. The van der Waals surface area contributed by atoms with Gasteiger partial charge in [-0.05, 0) is 61.0 Å². The van der Waals surface area contributed by atoms with Gasteiger partial charge in [-0.25, -0.2) is 9.37 Å². The summed E-state index contributed by atoms with van der Waals surface area (Å²) in [6, 6.07) is 18.3. The summed E-state index contributed by atoms with van der Waals surface area (Å²) in [4.78, 5) is 17.1. The van der Waals surface area contributed by atoms with Crippen LogP contribution in [0.25, 0.3) is 22.6 Å². The molecule has 3 aromatic carbocycles. The number of nitrogens with one attached hydrogen (secondary N) is 1. The van der Waals surface area contributed by atoms with Gasteiger partial charge in [0, 0.05) is 16.8 Å². The molecule has 0 aliphatic carbocycles. The summed E-state index contributed by atoms with van der Waals surface area (Å²) in [5.74, 6) is 0.389. The maximum Gasteiger partial charge on any atom is 0.255 e. The molecule has 0 bridgehead atoms. The minimum atomic E-state index is -0.358. The van der Waals surface area contributed by atoms with E-state index in [2.05, 4.69) is 17.2 Å². The Hall–Kier alpha value is -3.67. The monoisotopic (exact) mass is 404 g/mol. The van der Waals surface area contributed by atoms with Gasteiger partial charge in [0.25, 0.3) is 5.91 Å². The van der Waals surface area contributed by atoms with Crippen LogP contribution in [0.2, 0.25) is 0 Å². The Balaban J connectivity index is 1.51. The van der Waals surface area contributed by atoms with Gasteiger partial charge in [-0.15, -0.1) is 0 Å². The third-order valence-corrected chi connectivity index (χ3v) is 4.58. The summed E-state index contributed by atoms with van der Waals surface area (Å²) in [5.41, 5.74) is 2.77. The Morgan fingerprint density at radius 3 is 2.80 bits per heavy atom. The second-order valence-electron chi connectivity index (χ2n) is 6.90. The summed E-state index contributed by atoms with van der Waals surface area (Å²) >= 11 is 0. The first kappa shape index (κ1) is 19.6. The number of anilines is 1. The zero-order valence-corrected chi connectivity index (χ0v) is 16.5. The zero-order valence-electron chi connectivity index (χ0n) is 16.5. The van der Waals surface area contributed by atoms with Crippen LogP contribution in [-0.2, 0) is 0 Å². The fourth-order valence-electron chi connectivity index (χ4n) is 3.01. The lowest BCUT2D eigenvalue weighted by molar-refractivity contribution is 0.102. The molecule has 0 radical (unpaired) electrons. The number of benzene rings is 3. The molecule has 0 spiro atoms. The van der Waals surface area contributed by atoms with Crippen molar-refractivity contribution >= 4 is 22.7 Å². The highest BCUT2D eigenvalue weighted by atomic mass is 19.1. The van der Waals surface area contributed by atoms with E-state index < -0.39 is 0 Å². The molecular formula is C24H21FN2O3. The molecule has 4 aromatic rings. The first-order valence-electron chi connectivity index (χ1n) is 9.83. The van der Waals surface area contributed by atoms with Gasteiger partial charge in [-0.3, -0.25) is 4.79 Å². The normalized spacial score (nSPS) is 10.9. The van der Waals surface area contributed by atoms with E-state index >= 15 is 0 Å². The second-order valence-corrected chi connectivity index (χ2v) is 6.90. The van der Waals surface area contributed by atoms with Gasteiger partial charge in [-0.2, -0.15) is 0 Å². The lowest BCUT2D eigenvalue weighted by Gasteiger charge is -2.08. The number of oxazole rings is 1. The smallest absolute Gasteiger partial charge is 0.255 e. The van der Waals surface area contributed by atoms with E-state index in [9.17, 15) is 9.18 Å². The summed E-state index contributed by atoms with van der Waals surface area (Å²) in [6.45, 7) is 2.72. The largest absolute Gasteiger partial charge is 0.494 e. The highest BCUT2D eigenvalue weighted by Crippen LogP contribution is 2.27. The number of carbonyl (C=O) groups excluding carboxylic acids is 1. The molecule has 4 rings (SSSR count). The van der Waals surface area contributed by atoms with Gasteiger partial charge in [0.2, 0.25) is 5.89 Å². The maximum atomic E-state index is 13.5. The molecule has 0 saturated heterocycles. The highest BCUT2D eigenvalue weighted by Gasteiger charge is 2.12. The predicted molar refractivity (Wildman–Crippen MR) is 114 cm³/mol. The Morgan fingerprint density at radius 1 is 1.10 bits per heavy atom. The van der Waals surface area contributed by atoms with Gasteiger partial charge in [0.05, 0.1) is 6.61 Å². The molecule has 152 valence electrons. The first-order chi connectivity index (χ1) is 14.6. The van der Waals surface area contributed by atoms with Crippen molar-refractivity contribution < 1.29 is 18.3 Å². The van der Waals surface area contributed by atoms with Crippen molar-refractivity contribution in [2.24, 2.45) is 0 Å². The molecule has 30 heavy (non-hydrogen) atoms. The van der Waals surface area contributed by atoms with Crippen molar-refractivity contribution in [3.05, 3.63) is 78.1 Å². The number of hydrogen-bond acceptors (Lipinski definition) is 4. The molecule has 1 amide bonds. The topological polar surface area (TPSA) is 64.4 Å². The van der Waals surface area contributed by atoms with Crippen LogP contribution in [0.1, 0.15) is 30.1 Å². The van der Waals surface area contributed by atoms with Gasteiger partial charge < -0.3 is 14.5 Å². The number of amides is 1. The quantitative estimate of drug-likeness (QED) is 0.380. The van der Waals surface area contributed by atoms with Gasteiger partial charge >= 0.3 is 0 Å². The van der Waals surface area contributed by atoms with Crippen LogP contribution in [0.3, 0.4) is 0 Å². The van der Waals surface area contributed by atoms with Gasteiger partial charge in [0.15, 0.2) is 5.58 Å². The molecule has 0 unspecified atom stereocenters. The zero-order chi connectivity index (χ0) is 20.9. The van der Waals surface area contributed by atoms with E-state index in [1.54, 1.807) is 48.5 Å². The average molecular weight is 404 g/mol. The standard InChI is InChI=1S/C24H21FN2O3/c1-2-3-12-29-20-9-5-6-16(14-20)23(28)26-19-10-11-22-21(15-19)27-24(30-22)17-7-4-8-18(25)13-17/h4-11,13-15H,2-3,12H2,1H3,(H,26,28). The van der Waals surface area contributed by atoms with Crippen LogP contribution in [0.15, 0.2) is 71.1 Å². The minimum Gasteiger partial charge on any atom is -0.494 e. The summed E-state index contributed by atoms with van der Waals surface area (Å²) in [7, 11) is 0. The fraction of sp³-hybridized carbons (Fsp3) is 0.167. The third kappa shape index (κ3) is 4.49. The van der Waals surface area contributed by atoms with E-state index in [0.29, 0.717) is 46.2 Å². The third-order valence-electron chi connectivity index (χ3n) is 4.58. The van der Waals surface area contributed by atoms with E-state index in [4.69, 9.17) is 9.15 Å². The number of fused-ring (bicyclic) bond motifs is 1. The van der Waals surface area contributed by atoms with Crippen molar-refractivity contribution in [1.82, 2.24) is 4.98 Å². The molecule has 5 nitrogen and oxygen atoms in total. The molecule has 0 saturated carbocycles. The number of hydrogen-bond donors (Lipinski definition) is 1. The van der Waals surface area contributed by atoms with Crippen LogP contribution in [0.5, 0.6) is 5.75 Å². The lowest BCUT2D eigenvalue weighted by Crippen LogP contribution is -2.12. The molecule has 1 aromatic heterocycles. The fourth-order valence-corrected chi connectivity index (χ4v) is 3.01. The number of nitrogens with zero attached hydrogens (tertiary/aromatic N) is 1. The maximum absolute atomic E-state index is 13.5. The number of unbranched alkanes of at least 4 members (excludes halogenated alkanes) is 1. The number of aromatic nitrogens is 1. The Bertz CT molecular complexity index is 1190. The Kier molecular flexibility index (Phi) is 5.75. The molecule has 1 heterocycles. The van der Waals surface area contributed by atoms with Gasteiger partial charge in [-0.1, -0.05) is 25.5 Å². The van der Waals surface area contributed by atoms with Crippen molar-refractivity contribution in [1.29, 1.82) is 0 Å². The number of carbonyl (C=O) groups is 1. The average Bonchev–Trinajstić information content (AvgIpc) is 3.18. The van der Waals surface area contributed by atoms with Crippen LogP contribution < -0.4 is 10.1 Å². The lowest BCUT2D eigenvalue weighted by atomic mass is 10.2. The predicted octanol–water partition coefficient (Wildman–Crippen LogP) is 6.07. The molecular weight excluding hydrogens is 383 g/mol.